The number of nitrogens with zero attached hydrogens (tertiary/aromatic N) is 1. The van der Waals surface area contributed by atoms with E-state index in [0.29, 0.717) is 11.0 Å². The maximum atomic E-state index is 5.91. The summed E-state index contributed by atoms with van der Waals surface area (Å²) in [5.41, 5.74) is 9.40. The molecule has 1 aromatic heterocycles. The van der Waals surface area contributed by atoms with Gasteiger partial charge in [-0.05, 0) is 56.6 Å². The maximum Gasteiger partial charge on any atom is 0.136 e. The van der Waals surface area contributed by atoms with Gasteiger partial charge in [0.25, 0.3) is 0 Å². The fourth-order valence-corrected chi connectivity index (χ4v) is 3.89. The van der Waals surface area contributed by atoms with Crippen LogP contribution in [0.25, 0.3) is 0 Å². The third-order valence-corrected chi connectivity index (χ3v) is 5.26. The summed E-state index contributed by atoms with van der Waals surface area (Å²) >= 11 is 5.23. The Balaban J connectivity index is 1.81. The number of thiocarbonyl (C=S) groups is 1. The highest BCUT2D eigenvalue weighted by molar-refractivity contribution is 7.80. The lowest BCUT2D eigenvalue weighted by molar-refractivity contribution is 0.328. The number of hydrogen-bond acceptors (Lipinski definition) is 3. The molecule has 3 N–H and O–H groups in total. The van der Waals surface area contributed by atoms with Gasteiger partial charge in [-0.15, -0.1) is 0 Å². The van der Waals surface area contributed by atoms with Crippen LogP contribution >= 0.6 is 12.2 Å². The molecule has 0 radical (unpaired) electrons. The molecule has 0 saturated heterocycles. The summed E-state index contributed by atoms with van der Waals surface area (Å²) in [5, 5.41) is 3.61. The van der Waals surface area contributed by atoms with Crippen molar-refractivity contribution in [1.29, 1.82) is 0 Å². The third kappa shape index (κ3) is 3.20. The van der Waals surface area contributed by atoms with Crippen molar-refractivity contribution in [2.75, 3.05) is 5.32 Å². The first kappa shape index (κ1) is 14.8. The van der Waals surface area contributed by atoms with Gasteiger partial charge in [-0.2, -0.15) is 0 Å². The summed E-state index contributed by atoms with van der Waals surface area (Å²) in [7, 11) is 0. The molecule has 1 heterocycles. The van der Waals surface area contributed by atoms with Crippen LogP contribution in [0.1, 0.15) is 62.3 Å². The summed E-state index contributed by atoms with van der Waals surface area (Å²) in [6.07, 6.45) is 10.1. The van der Waals surface area contributed by atoms with Gasteiger partial charge in [0.05, 0.1) is 5.56 Å². The first-order valence-corrected chi connectivity index (χ1v) is 8.65. The Morgan fingerprint density at radius 3 is 2.76 bits per heavy atom. The van der Waals surface area contributed by atoms with Crippen LogP contribution < -0.4 is 11.1 Å². The first-order valence-electron chi connectivity index (χ1n) is 8.24. The molecule has 3 nitrogen and oxygen atoms in total. The van der Waals surface area contributed by atoms with Gasteiger partial charge in [-0.1, -0.05) is 31.5 Å². The van der Waals surface area contributed by atoms with Crippen molar-refractivity contribution >= 4 is 23.0 Å². The smallest absolute Gasteiger partial charge is 0.136 e. The van der Waals surface area contributed by atoms with E-state index in [4.69, 9.17) is 22.9 Å². The molecule has 1 atom stereocenters. The normalized spacial score (nSPS) is 20.0. The van der Waals surface area contributed by atoms with E-state index in [0.717, 1.165) is 30.1 Å². The molecule has 0 amide bonds. The minimum absolute atomic E-state index is 0.436. The van der Waals surface area contributed by atoms with Crippen molar-refractivity contribution in [3.05, 3.63) is 22.9 Å². The topological polar surface area (TPSA) is 50.9 Å². The van der Waals surface area contributed by atoms with Gasteiger partial charge in [0.2, 0.25) is 0 Å². The summed E-state index contributed by atoms with van der Waals surface area (Å²) in [5.74, 6) is 1.65. The van der Waals surface area contributed by atoms with Gasteiger partial charge >= 0.3 is 0 Å². The molecule has 1 fully saturated rings. The number of anilines is 1. The molecule has 21 heavy (non-hydrogen) atoms. The summed E-state index contributed by atoms with van der Waals surface area (Å²) in [6, 6.07) is 2.60. The minimum atomic E-state index is 0.436. The Bertz CT molecular complexity index is 535. The second kappa shape index (κ2) is 6.30. The zero-order valence-electron chi connectivity index (χ0n) is 12.8. The molecular weight excluding hydrogens is 278 g/mol. The number of pyridine rings is 1. The standard InChI is InChI=1S/C17H25N3S/c1-11(12-6-3-2-4-7-12)19-17-14(16(18)21)10-13-8-5-9-15(13)20-17/h10-12H,2-9H2,1H3,(H2,18,21)(H,19,20). The van der Waals surface area contributed by atoms with E-state index in [1.54, 1.807) is 0 Å². The zero-order valence-corrected chi connectivity index (χ0v) is 13.6. The number of aromatic nitrogens is 1. The number of rotatable bonds is 4. The fraction of sp³-hybridized carbons (Fsp3) is 0.647. The van der Waals surface area contributed by atoms with E-state index in [2.05, 4.69) is 18.3 Å². The van der Waals surface area contributed by atoms with Crippen molar-refractivity contribution < 1.29 is 0 Å². The Labute approximate surface area is 132 Å². The van der Waals surface area contributed by atoms with Crippen LogP contribution in [0.2, 0.25) is 0 Å². The molecule has 2 aliphatic rings. The molecule has 4 heteroatoms. The van der Waals surface area contributed by atoms with Gasteiger partial charge in [-0.3, -0.25) is 0 Å². The average Bonchev–Trinajstić information content (AvgIpc) is 2.94. The number of aryl methyl sites for hydroxylation is 2. The Morgan fingerprint density at radius 1 is 1.29 bits per heavy atom. The van der Waals surface area contributed by atoms with Crippen LogP contribution in [0.5, 0.6) is 0 Å². The van der Waals surface area contributed by atoms with E-state index >= 15 is 0 Å². The Hall–Kier alpha value is -1.16. The van der Waals surface area contributed by atoms with Gasteiger partial charge in [0, 0.05) is 11.7 Å². The van der Waals surface area contributed by atoms with Crippen LogP contribution in [0, 0.1) is 5.92 Å². The van der Waals surface area contributed by atoms with Gasteiger partial charge in [-0.25, -0.2) is 4.98 Å². The van der Waals surface area contributed by atoms with Crippen LogP contribution in [0.3, 0.4) is 0 Å². The Morgan fingerprint density at radius 2 is 2.05 bits per heavy atom. The van der Waals surface area contributed by atoms with E-state index < -0.39 is 0 Å². The van der Waals surface area contributed by atoms with E-state index in [-0.39, 0.29) is 0 Å². The highest BCUT2D eigenvalue weighted by Crippen LogP contribution is 2.30. The lowest BCUT2D eigenvalue weighted by atomic mass is 9.84. The molecular formula is C17H25N3S. The van der Waals surface area contributed by atoms with E-state index in [9.17, 15) is 0 Å². The molecule has 0 aliphatic heterocycles. The minimum Gasteiger partial charge on any atom is -0.389 e. The van der Waals surface area contributed by atoms with E-state index in [1.165, 1.54) is 49.8 Å². The predicted octanol–water partition coefficient (Wildman–Crippen LogP) is 3.59. The van der Waals surface area contributed by atoms with Gasteiger partial charge in [0.15, 0.2) is 0 Å². The van der Waals surface area contributed by atoms with Crippen LogP contribution in [0.15, 0.2) is 6.07 Å². The lowest BCUT2D eigenvalue weighted by Gasteiger charge is -2.29. The quantitative estimate of drug-likeness (QED) is 0.835. The third-order valence-electron chi connectivity index (χ3n) is 5.04. The predicted molar refractivity (Wildman–Crippen MR) is 91.8 cm³/mol. The molecule has 1 aromatic rings. The van der Waals surface area contributed by atoms with Crippen molar-refractivity contribution in [3.8, 4) is 0 Å². The molecule has 3 rings (SSSR count). The van der Waals surface area contributed by atoms with Crippen molar-refractivity contribution in [1.82, 2.24) is 4.98 Å². The van der Waals surface area contributed by atoms with Crippen molar-refractivity contribution in [2.45, 2.75) is 64.3 Å². The monoisotopic (exact) mass is 303 g/mol. The molecule has 1 unspecified atom stereocenters. The highest BCUT2D eigenvalue weighted by Gasteiger charge is 2.23. The Kier molecular flexibility index (Phi) is 4.43. The van der Waals surface area contributed by atoms with Crippen molar-refractivity contribution in [3.63, 3.8) is 0 Å². The number of nitrogens with one attached hydrogen (secondary N) is 1. The molecule has 2 aliphatic carbocycles. The van der Waals surface area contributed by atoms with Crippen molar-refractivity contribution in [2.24, 2.45) is 11.7 Å². The summed E-state index contributed by atoms with van der Waals surface area (Å²) in [4.78, 5) is 5.28. The van der Waals surface area contributed by atoms with Gasteiger partial charge in [0.1, 0.15) is 10.8 Å². The first-order chi connectivity index (χ1) is 10.1. The molecule has 0 bridgehead atoms. The summed E-state index contributed by atoms with van der Waals surface area (Å²) in [6.45, 7) is 2.27. The molecule has 1 saturated carbocycles. The van der Waals surface area contributed by atoms with E-state index in [1.807, 2.05) is 0 Å². The van der Waals surface area contributed by atoms with Crippen LogP contribution in [0.4, 0.5) is 5.82 Å². The van der Waals surface area contributed by atoms with Gasteiger partial charge < -0.3 is 11.1 Å². The molecule has 0 spiro atoms. The fourth-order valence-electron chi connectivity index (χ4n) is 3.74. The zero-order chi connectivity index (χ0) is 14.8. The maximum absolute atomic E-state index is 5.91. The largest absolute Gasteiger partial charge is 0.389 e. The van der Waals surface area contributed by atoms with Crippen LogP contribution in [-0.2, 0) is 12.8 Å². The summed E-state index contributed by atoms with van der Waals surface area (Å²) < 4.78 is 0. The highest BCUT2D eigenvalue weighted by atomic mass is 32.1. The second-order valence-electron chi connectivity index (χ2n) is 6.54. The SMILES string of the molecule is CC(Nc1nc2c(cc1C(N)=S)CCC2)C1CCCCC1. The number of fused-ring (bicyclic) bond motifs is 1. The second-order valence-corrected chi connectivity index (χ2v) is 6.98. The average molecular weight is 303 g/mol. The number of hydrogen-bond donors (Lipinski definition) is 2. The molecule has 114 valence electrons. The molecule has 0 aromatic carbocycles. The van der Waals surface area contributed by atoms with Crippen LogP contribution in [-0.4, -0.2) is 16.0 Å². The number of nitrogens with two attached hydrogens (primary N) is 1. The lowest BCUT2D eigenvalue weighted by Crippen LogP contribution is -2.29.